The second kappa shape index (κ2) is 4.77. The first-order valence-corrected chi connectivity index (χ1v) is 7.67. The Morgan fingerprint density at radius 1 is 1.14 bits per heavy atom. The molecule has 2 atom stereocenters. The van der Waals surface area contributed by atoms with Crippen molar-refractivity contribution >= 4 is 11.6 Å². The molecule has 3 rings (SSSR count). The van der Waals surface area contributed by atoms with E-state index in [0.29, 0.717) is 5.92 Å². The second-order valence-corrected chi connectivity index (χ2v) is 6.88. The third-order valence-electron chi connectivity index (χ3n) is 4.58. The molecule has 21 heavy (non-hydrogen) atoms. The summed E-state index contributed by atoms with van der Waals surface area (Å²) in [7, 11) is 0. The van der Waals surface area contributed by atoms with Gasteiger partial charge in [-0.3, -0.25) is 9.59 Å². The lowest BCUT2D eigenvalue weighted by atomic mass is 9.76. The Kier molecular flexibility index (Phi) is 3.28. The largest absolute Gasteiger partial charge is 0.357 e. The molecule has 0 aromatic heterocycles. The van der Waals surface area contributed by atoms with Gasteiger partial charge in [0.15, 0.2) is 11.6 Å². The van der Waals surface area contributed by atoms with Crippen LogP contribution in [0.15, 0.2) is 18.2 Å². The van der Waals surface area contributed by atoms with Crippen molar-refractivity contribution in [2.45, 2.75) is 64.1 Å². The highest BCUT2D eigenvalue weighted by Crippen LogP contribution is 2.45. The highest BCUT2D eigenvalue weighted by Gasteiger charge is 2.48. The Hall–Kier alpha value is -1.48. The summed E-state index contributed by atoms with van der Waals surface area (Å²) in [6.45, 7) is 7.27. The number of benzene rings is 1. The lowest BCUT2D eigenvalue weighted by Gasteiger charge is -2.37. The molecule has 2 fully saturated rings. The summed E-state index contributed by atoms with van der Waals surface area (Å²) in [4.78, 5) is 25.3. The highest BCUT2D eigenvalue weighted by atomic mass is 16.5. The lowest BCUT2D eigenvalue weighted by molar-refractivity contribution is -0.168. The summed E-state index contributed by atoms with van der Waals surface area (Å²) in [5.41, 5.74) is 2.28. The molecule has 1 aliphatic heterocycles. The van der Waals surface area contributed by atoms with Crippen molar-refractivity contribution in [1.29, 1.82) is 0 Å². The first kappa shape index (κ1) is 14.5. The molecular formula is C18H22O3. The van der Waals surface area contributed by atoms with E-state index in [4.69, 9.17) is 4.74 Å². The van der Waals surface area contributed by atoms with Crippen molar-refractivity contribution < 1.29 is 14.3 Å². The molecular weight excluding hydrogens is 264 g/mol. The van der Waals surface area contributed by atoms with Crippen LogP contribution in [0, 0.1) is 6.92 Å². The molecule has 1 saturated heterocycles. The maximum absolute atomic E-state index is 12.8. The molecule has 0 spiro atoms. The van der Waals surface area contributed by atoms with Crippen LogP contribution in [0.4, 0.5) is 0 Å². The van der Waals surface area contributed by atoms with Crippen molar-refractivity contribution in [3.63, 3.8) is 0 Å². The smallest absolute Gasteiger partial charge is 0.179 e. The molecule has 1 heterocycles. The third kappa shape index (κ3) is 2.44. The summed E-state index contributed by atoms with van der Waals surface area (Å²) in [6.07, 6.45) is 1.77. The molecule has 0 radical (unpaired) electrons. The average Bonchev–Trinajstić information content (AvgIpc) is 3.21. The van der Waals surface area contributed by atoms with Gasteiger partial charge in [0.25, 0.3) is 0 Å². The van der Waals surface area contributed by atoms with Gasteiger partial charge >= 0.3 is 0 Å². The van der Waals surface area contributed by atoms with Gasteiger partial charge in [-0.1, -0.05) is 23.8 Å². The van der Waals surface area contributed by atoms with E-state index in [1.165, 1.54) is 5.56 Å². The molecule has 112 valence electrons. The van der Waals surface area contributed by atoms with Crippen LogP contribution in [0.3, 0.4) is 0 Å². The van der Waals surface area contributed by atoms with Gasteiger partial charge in [-0.25, -0.2) is 0 Å². The number of ketones is 2. The van der Waals surface area contributed by atoms with Gasteiger partial charge in [-0.15, -0.1) is 0 Å². The number of rotatable bonds is 2. The summed E-state index contributed by atoms with van der Waals surface area (Å²) >= 11 is 0. The Morgan fingerprint density at radius 2 is 1.81 bits per heavy atom. The second-order valence-electron chi connectivity index (χ2n) is 6.88. The summed E-state index contributed by atoms with van der Waals surface area (Å²) in [6, 6.07) is 6.18. The van der Waals surface area contributed by atoms with Crippen LogP contribution in [-0.2, 0) is 14.3 Å². The van der Waals surface area contributed by atoms with E-state index in [0.717, 1.165) is 24.0 Å². The van der Waals surface area contributed by atoms with E-state index in [2.05, 4.69) is 12.1 Å². The van der Waals surface area contributed by atoms with Gasteiger partial charge in [0, 0.05) is 0 Å². The molecule has 2 unspecified atom stereocenters. The Balaban J connectivity index is 2.11. The zero-order valence-corrected chi connectivity index (χ0v) is 13.1. The number of hydrogen-bond donors (Lipinski definition) is 0. The van der Waals surface area contributed by atoms with E-state index in [-0.39, 0.29) is 11.6 Å². The minimum Gasteiger partial charge on any atom is -0.357 e. The van der Waals surface area contributed by atoms with Crippen LogP contribution in [0.5, 0.6) is 0 Å². The molecule has 0 N–H and O–H groups in total. The van der Waals surface area contributed by atoms with Crippen LogP contribution < -0.4 is 0 Å². The first-order valence-electron chi connectivity index (χ1n) is 7.67. The Bertz CT molecular complexity index is 611. The van der Waals surface area contributed by atoms with Crippen molar-refractivity contribution in [2.24, 2.45) is 0 Å². The van der Waals surface area contributed by atoms with Gasteiger partial charge in [-0.2, -0.15) is 0 Å². The Labute approximate surface area is 125 Å². The molecule has 1 aromatic rings. The summed E-state index contributed by atoms with van der Waals surface area (Å²) < 4.78 is 5.60. The van der Waals surface area contributed by atoms with Gasteiger partial charge in [0.2, 0.25) is 0 Å². The monoisotopic (exact) mass is 286 g/mol. The summed E-state index contributed by atoms with van der Waals surface area (Å²) in [5.74, 6) is -0.369. The van der Waals surface area contributed by atoms with E-state index in [1.807, 2.05) is 13.0 Å². The SMILES string of the molecule is Cc1ccc(C2CC2)c(C2C(=O)C(C)OC(C)(C)C2=O)c1. The fraction of sp³-hybridized carbons (Fsp3) is 0.556. The predicted octanol–water partition coefficient (Wildman–Crippen LogP) is 3.29. The number of Topliss-reactive ketones (excluding diaryl/α,β-unsaturated/α-hetero) is 2. The number of aryl methyl sites for hydroxylation is 1. The van der Waals surface area contributed by atoms with E-state index < -0.39 is 17.6 Å². The van der Waals surface area contributed by atoms with Crippen molar-refractivity contribution in [1.82, 2.24) is 0 Å². The van der Waals surface area contributed by atoms with Crippen LogP contribution >= 0.6 is 0 Å². The van der Waals surface area contributed by atoms with E-state index in [9.17, 15) is 9.59 Å². The Morgan fingerprint density at radius 3 is 2.43 bits per heavy atom. The van der Waals surface area contributed by atoms with Crippen LogP contribution in [0.1, 0.15) is 62.1 Å². The molecule has 1 saturated carbocycles. The molecule has 0 amide bonds. The van der Waals surface area contributed by atoms with E-state index in [1.54, 1.807) is 20.8 Å². The average molecular weight is 286 g/mol. The topological polar surface area (TPSA) is 43.4 Å². The first-order chi connectivity index (χ1) is 9.81. The molecule has 1 aliphatic carbocycles. The number of ether oxygens (including phenoxy) is 1. The zero-order valence-electron chi connectivity index (χ0n) is 13.1. The minimum absolute atomic E-state index is 0.105. The number of hydrogen-bond acceptors (Lipinski definition) is 3. The molecule has 3 nitrogen and oxygen atoms in total. The maximum Gasteiger partial charge on any atom is 0.179 e. The van der Waals surface area contributed by atoms with Crippen molar-refractivity contribution in [3.05, 3.63) is 34.9 Å². The fourth-order valence-corrected chi connectivity index (χ4v) is 3.27. The summed E-state index contributed by atoms with van der Waals surface area (Å²) in [5, 5.41) is 0. The van der Waals surface area contributed by atoms with Crippen molar-refractivity contribution in [3.8, 4) is 0 Å². The van der Waals surface area contributed by atoms with Crippen LogP contribution in [-0.4, -0.2) is 23.3 Å². The number of carbonyl (C=O) groups is 2. The van der Waals surface area contributed by atoms with Crippen molar-refractivity contribution in [2.75, 3.05) is 0 Å². The van der Waals surface area contributed by atoms with Gasteiger partial charge in [0.05, 0.1) is 0 Å². The molecule has 1 aromatic carbocycles. The lowest BCUT2D eigenvalue weighted by Crippen LogP contribution is -2.52. The molecule has 3 heteroatoms. The standard InChI is InChI=1S/C18H22O3/c1-10-5-8-13(12-6-7-12)14(9-10)15-16(19)11(2)21-18(3,4)17(15)20/h5,8-9,11-12,15H,6-7H2,1-4H3. The van der Waals surface area contributed by atoms with E-state index >= 15 is 0 Å². The third-order valence-corrected chi connectivity index (χ3v) is 4.58. The predicted molar refractivity (Wildman–Crippen MR) is 80.5 cm³/mol. The van der Waals surface area contributed by atoms with Gasteiger partial charge in [0.1, 0.15) is 17.6 Å². The fourth-order valence-electron chi connectivity index (χ4n) is 3.27. The highest BCUT2D eigenvalue weighted by molar-refractivity contribution is 6.14. The van der Waals surface area contributed by atoms with Gasteiger partial charge in [-0.05, 0) is 57.6 Å². The minimum atomic E-state index is -0.900. The number of carbonyl (C=O) groups excluding carboxylic acids is 2. The van der Waals surface area contributed by atoms with Crippen LogP contribution in [0.25, 0.3) is 0 Å². The molecule has 2 aliphatic rings. The van der Waals surface area contributed by atoms with Gasteiger partial charge < -0.3 is 4.74 Å². The molecule has 0 bridgehead atoms. The maximum atomic E-state index is 12.8. The zero-order chi connectivity index (χ0) is 15.4. The normalized spacial score (nSPS) is 28.8. The quantitative estimate of drug-likeness (QED) is 0.784. The van der Waals surface area contributed by atoms with Crippen LogP contribution in [0.2, 0.25) is 0 Å².